The van der Waals surface area contributed by atoms with Crippen molar-refractivity contribution in [1.82, 2.24) is 20.4 Å². The van der Waals surface area contributed by atoms with Crippen LogP contribution in [-0.2, 0) is 17.6 Å². The van der Waals surface area contributed by atoms with E-state index in [9.17, 15) is 9.59 Å². The molecular formula is C22H22N4O2S. The van der Waals surface area contributed by atoms with Crippen LogP contribution >= 0.6 is 11.8 Å². The molecule has 3 aromatic rings. The van der Waals surface area contributed by atoms with Gasteiger partial charge in [-0.25, -0.2) is 4.98 Å². The summed E-state index contributed by atoms with van der Waals surface area (Å²) in [6.07, 6.45) is 4.27. The maximum absolute atomic E-state index is 12.3. The normalized spacial score (nSPS) is 12.8. The van der Waals surface area contributed by atoms with Gasteiger partial charge < -0.3 is 0 Å². The van der Waals surface area contributed by atoms with Gasteiger partial charge in [0.2, 0.25) is 5.91 Å². The fourth-order valence-corrected chi connectivity index (χ4v) is 4.26. The lowest BCUT2D eigenvalue weighted by Crippen LogP contribution is -2.42. The Balaban J connectivity index is 1.42. The van der Waals surface area contributed by atoms with Gasteiger partial charge in [0.05, 0.1) is 11.4 Å². The lowest BCUT2D eigenvalue weighted by atomic mass is 10.0. The van der Waals surface area contributed by atoms with Crippen molar-refractivity contribution in [3.05, 3.63) is 77.6 Å². The molecule has 148 valence electrons. The molecule has 4 rings (SSSR count). The Labute approximate surface area is 173 Å². The Morgan fingerprint density at radius 1 is 0.931 bits per heavy atom. The molecule has 0 fully saturated rings. The molecule has 0 spiro atoms. The zero-order valence-electron chi connectivity index (χ0n) is 15.9. The number of benzene rings is 2. The molecule has 1 aromatic heterocycles. The van der Waals surface area contributed by atoms with E-state index in [0.29, 0.717) is 5.56 Å². The molecule has 0 bridgehead atoms. The molecule has 2 amide bonds. The van der Waals surface area contributed by atoms with Gasteiger partial charge >= 0.3 is 0 Å². The summed E-state index contributed by atoms with van der Waals surface area (Å²) in [5.74, 6) is -0.456. The van der Waals surface area contributed by atoms with Crippen LogP contribution in [0.3, 0.4) is 0 Å². The minimum atomic E-state index is -0.342. The van der Waals surface area contributed by atoms with Crippen molar-refractivity contribution in [2.24, 2.45) is 0 Å². The third kappa shape index (κ3) is 4.51. The Morgan fingerprint density at radius 3 is 2.38 bits per heavy atom. The van der Waals surface area contributed by atoms with Gasteiger partial charge in [-0.1, -0.05) is 48.2 Å². The van der Waals surface area contributed by atoms with Crippen molar-refractivity contribution in [2.75, 3.05) is 5.75 Å². The fraction of sp³-hybridized carbons (Fsp3) is 0.227. The average Bonchev–Trinajstić information content (AvgIpc) is 3.15. The maximum atomic E-state index is 12.3. The average molecular weight is 407 g/mol. The molecule has 6 nitrogen and oxygen atoms in total. The summed E-state index contributed by atoms with van der Waals surface area (Å²) in [5.41, 5.74) is 8.84. The molecule has 0 saturated heterocycles. The first-order chi connectivity index (χ1) is 14.2. The van der Waals surface area contributed by atoms with Crippen LogP contribution in [0.5, 0.6) is 0 Å². The van der Waals surface area contributed by atoms with Gasteiger partial charge in [0, 0.05) is 16.9 Å². The van der Waals surface area contributed by atoms with Crippen LogP contribution in [0.15, 0.2) is 65.8 Å². The largest absolute Gasteiger partial charge is 0.292 e. The monoisotopic (exact) mass is 406 g/mol. The molecule has 1 heterocycles. The topological polar surface area (TPSA) is 76.0 Å². The molecule has 29 heavy (non-hydrogen) atoms. The molecule has 0 atom stereocenters. The van der Waals surface area contributed by atoms with E-state index < -0.39 is 0 Å². The highest BCUT2D eigenvalue weighted by molar-refractivity contribution is 7.99. The van der Waals surface area contributed by atoms with E-state index in [4.69, 9.17) is 4.98 Å². The Morgan fingerprint density at radius 2 is 1.62 bits per heavy atom. The maximum Gasteiger partial charge on any atom is 0.269 e. The quantitative estimate of drug-likeness (QED) is 0.504. The number of hydrogen-bond donors (Lipinski definition) is 2. The third-order valence-corrected chi connectivity index (χ3v) is 5.74. The van der Waals surface area contributed by atoms with Crippen molar-refractivity contribution in [1.29, 1.82) is 0 Å². The standard InChI is InChI=1S/C22H22N4O2S/c27-20(24-25-21(28)16-9-3-1-4-10-16)15-29-22-23-18-13-7-8-14-19(18)26(22)17-11-5-2-6-12-17/h1-6,9-12H,7-8,13-15H2,(H,24,27)(H,25,28). The number of amides is 2. The SMILES string of the molecule is O=C(CSc1nc2c(n1-c1ccccc1)CCCC2)NNC(=O)c1ccccc1. The predicted molar refractivity (Wildman–Crippen MR) is 113 cm³/mol. The number of hydrogen-bond acceptors (Lipinski definition) is 4. The number of rotatable bonds is 5. The highest BCUT2D eigenvalue weighted by atomic mass is 32.2. The van der Waals surface area contributed by atoms with Crippen molar-refractivity contribution >= 4 is 23.6 Å². The molecule has 0 saturated carbocycles. The van der Waals surface area contributed by atoms with Crippen molar-refractivity contribution < 1.29 is 9.59 Å². The minimum absolute atomic E-state index is 0.164. The van der Waals surface area contributed by atoms with Gasteiger partial charge in [0.15, 0.2) is 5.16 Å². The molecule has 7 heteroatoms. The van der Waals surface area contributed by atoms with E-state index >= 15 is 0 Å². The summed E-state index contributed by atoms with van der Waals surface area (Å²) in [4.78, 5) is 29.1. The zero-order valence-corrected chi connectivity index (χ0v) is 16.7. The van der Waals surface area contributed by atoms with E-state index in [2.05, 4.69) is 27.6 Å². The van der Waals surface area contributed by atoms with Crippen LogP contribution in [0.4, 0.5) is 0 Å². The van der Waals surface area contributed by atoms with Gasteiger partial charge in [-0.05, 0) is 49.9 Å². The molecule has 1 aliphatic carbocycles. The lowest BCUT2D eigenvalue weighted by Gasteiger charge is -2.15. The smallest absolute Gasteiger partial charge is 0.269 e. The number of aryl methyl sites for hydroxylation is 1. The third-order valence-electron chi connectivity index (χ3n) is 4.80. The predicted octanol–water partition coefficient (Wildman–Crippen LogP) is 3.30. The van der Waals surface area contributed by atoms with Gasteiger partial charge in [-0.3, -0.25) is 25.0 Å². The highest BCUT2D eigenvalue weighted by Crippen LogP contribution is 2.30. The summed E-state index contributed by atoms with van der Waals surface area (Å²) in [6.45, 7) is 0. The number of carbonyl (C=O) groups excluding carboxylic acids is 2. The number of imidazole rings is 1. The number of hydrazine groups is 1. The first kappa shape index (κ1) is 19.3. The van der Waals surface area contributed by atoms with E-state index in [1.807, 2.05) is 24.3 Å². The number of fused-ring (bicyclic) bond motifs is 1. The van der Waals surface area contributed by atoms with Crippen LogP contribution in [0.1, 0.15) is 34.6 Å². The van der Waals surface area contributed by atoms with Crippen molar-refractivity contribution in [3.8, 4) is 5.69 Å². The Hall–Kier alpha value is -3.06. The number of carbonyl (C=O) groups is 2. The minimum Gasteiger partial charge on any atom is -0.292 e. The summed E-state index contributed by atoms with van der Waals surface area (Å²) < 4.78 is 2.16. The first-order valence-electron chi connectivity index (χ1n) is 9.65. The Kier molecular flexibility index (Phi) is 5.95. The van der Waals surface area contributed by atoms with Crippen LogP contribution < -0.4 is 10.9 Å². The second kappa shape index (κ2) is 8.96. The van der Waals surface area contributed by atoms with E-state index in [-0.39, 0.29) is 17.6 Å². The fourth-order valence-electron chi connectivity index (χ4n) is 3.41. The van der Waals surface area contributed by atoms with Gasteiger partial charge in [0.1, 0.15) is 0 Å². The van der Waals surface area contributed by atoms with Gasteiger partial charge in [0.25, 0.3) is 5.91 Å². The molecular weight excluding hydrogens is 384 g/mol. The number of nitrogens with zero attached hydrogens (tertiary/aromatic N) is 2. The van der Waals surface area contributed by atoms with Crippen LogP contribution in [0.25, 0.3) is 5.69 Å². The van der Waals surface area contributed by atoms with Crippen LogP contribution in [-0.4, -0.2) is 27.1 Å². The summed E-state index contributed by atoms with van der Waals surface area (Å²) in [5, 5.41) is 0.813. The number of para-hydroxylation sites is 1. The zero-order chi connectivity index (χ0) is 20.1. The van der Waals surface area contributed by atoms with E-state index in [0.717, 1.165) is 42.2 Å². The molecule has 1 aliphatic rings. The summed E-state index contributed by atoms with van der Waals surface area (Å²) in [7, 11) is 0. The molecule has 0 radical (unpaired) electrons. The van der Waals surface area contributed by atoms with Crippen LogP contribution in [0.2, 0.25) is 0 Å². The summed E-state index contributed by atoms with van der Waals surface area (Å²) in [6, 6.07) is 18.9. The van der Waals surface area contributed by atoms with Crippen molar-refractivity contribution in [2.45, 2.75) is 30.8 Å². The molecule has 2 N–H and O–H groups in total. The number of thioether (sulfide) groups is 1. The molecule has 0 aliphatic heterocycles. The van der Waals surface area contributed by atoms with Gasteiger partial charge in [-0.2, -0.15) is 0 Å². The highest BCUT2D eigenvalue weighted by Gasteiger charge is 2.21. The summed E-state index contributed by atoms with van der Waals surface area (Å²) >= 11 is 1.38. The number of nitrogens with one attached hydrogen (secondary N) is 2. The lowest BCUT2D eigenvalue weighted by molar-refractivity contribution is -0.119. The van der Waals surface area contributed by atoms with Gasteiger partial charge in [-0.15, -0.1) is 0 Å². The van der Waals surface area contributed by atoms with E-state index in [1.165, 1.54) is 17.5 Å². The molecule has 2 aromatic carbocycles. The Bertz CT molecular complexity index is 1000. The molecule has 0 unspecified atom stereocenters. The second-order valence-electron chi connectivity index (χ2n) is 6.82. The number of aromatic nitrogens is 2. The second-order valence-corrected chi connectivity index (χ2v) is 7.77. The first-order valence-corrected chi connectivity index (χ1v) is 10.6. The van der Waals surface area contributed by atoms with E-state index in [1.54, 1.807) is 24.3 Å². The van der Waals surface area contributed by atoms with Crippen molar-refractivity contribution in [3.63, 3.8) is 0 Å². The van der Waals surface area contributed by atoms with Crippen LogP contribution in [0, 0.1) is 0 Å².